The molecule has 116 valence electrons. The fourth-order valence-electron chi connectivity index (χ4n) is 1.78. The molecule has 0 unspecified atom stereocenters. The molecule has 0 aliphatic rings. The fourth-order valence-corrected chi connectivity index (χ4v) is 1.91. The van der Waals surface area contributed by atoms with Crippen molar-refractivity contribution in [2.75, 3.05) is 20.3 Å². The zero-order valence-electron chi connectivity index (χ0n) is 12.0. The molecule has 0 atom stereocenters. The van der Waals surface area contributed by atoms with Crippen molar-refractivity contribution in [1.82, 2.24) is 0 Å². The quantitative estimate of drug-likeness (QED) is 0.628. The predicted octanol–water partition coefficient (Wildman–Crippen LogP) is 2.93. The van der Waals surface area contributed by atoms with E-state index in [9.17, 15) is 4.39 Å². The van der Waals surface area contributed by atoms with Crippen LogP contribution in [0.25, 0.3) is 0 Å². The average Bonchev–Trinajstić information content (AvgIpc) is 2.53. The Morgan fingerprint density at radius 3 is 2.36 bits per heavy atom. The van der Waals surface area contributed by atoms with Crippen LogP contribution in [0.15, 0.2) is 42.5 Å². The van der Waals surface area contributed by atoms with Gasteiger partial charge < -0.3 is 19.9 Å². The number of methoxy groups -OCH3 is 1. The number of hydrogen-bond acceptors (Lipinski definition) is 4. The predicted molar refractivity (Wildman–Crippen MR) is 86.3 cm³/mol. The number of rotatable bonds is 7. The van der Waals surface area contributed by atoms with Crippen molar-refractivity contribution >= 4 is 17.2 Å². The third-order valence-electron chi connectivity index (χ3n) is 2.87. The molecular formula is C16H16FNO3S. The molecule has 2 rings (SSSR count). The highest BCUT2D eigenvalue weighted by atomic mass is 32.1. The standard InChI is InChI=1S/C16H16FNO3S/c1-19-14-7-2-11(16(18)22)10-15(14)21-9-8-20-13-5-3-12(17)4-6-13/h2-7,10H,8-9H2,1H3,(H2,18,22). The van der Waals surface area contributed by atoms with Crippen molar-refractivity contribution in [3.8, 4) is 17.2 Å². The van der Waals surface area contributed by atoms with E-state index in [1.807, 2.05) is 0 Å². The van der Waals surface area contributed by atoms with Gasteiger partial charge in [-0.3, -0.25) is 0 Å². The number of benzene rings is 2. The Morgan fingerprint density at radius 1 is 1.05 bits per heavy atom. The number of halogens is 1. The van der Waals surface area contributed by atoms with Gasteiger partial charge in [-0.15, -0.1) is 0 Å². The van der Waals surface area contributed by atoms with Crippen LogP contribution in [0.2, 0.25) is 0 Å². The van der Waals surface area contributed by atoms with Crippen LogP contribution >= 0.6 is 12.2 Å². The van der Waals surface area contributed by atoms with E-state index in [-0.39, 0.29) is 10.8 Å². The molecule has 0 fully saturated rings. The second-order valence-electron chi connectivity index (χ2n) is 4.38. The van der Waals surface area contributed by atoms with Crippen molar-refractivity contribution in [1.29, 1.82) is 0 Å². The Labute approximate surface area is 133 Å². The van der Waals surface area contributed by atoms with Gasteiger partial charge in [0.05, 0.1) is 7.11 Å². The molecule has 2 N–H and O–H groups in total. The molecule has 0 radical (unpaired) electrons. The molecule has 0 bridgehead atoms. The third-order valence-corrected chi connectivity index (χ3v) is 3.11. The number of nitrogens with two attached hydrogens (primary N) is 1. The molecule has 0 spiro atoms. The Hall–Kier alpha value is -2.34. The summed E-state index contributed by atoms with van der Waals surface area (Å²) in [6.45, 7) is 0.612. The second kappa shape index (κ2) is 7.61. The van der Waals surface area contributed by atoms with Gasteiger partial charge in [0.25, 0.3) is 0 Å². The minimum atomic E-state index is -0.303. The summed E-state index contributed by atoms with van der Waals surface area (Å²) in [6.07, 6.45) is 0. The lowest BCUT2D eigenvalue weighted by Gasteiger charge is -2.12. The van der Waals surface area contributed by atoms with Gasteiger partial charge in [-0.2, -0.15) is 0 Å². The maximum Gasteiger partial charge on any atom is 0.162 e. The zero-order valence-corrected chi connectivity index (χ0v) is 12.9. The van der Waals surface area contributed by atoms with Crippen LogP contribution in [-0.4, -0.2) is 25.3 Å². The summed E-state index contributed by atoms with van der Waals surface area (Å²) in [5.74, 6) is 1.40. The van der Waals surface area contributed by atoms with Crippen LogP contribution in [0.5, 0.6) is 17.2 Å². The van der Waals surface area contributed by atoms with Gasteiger partial charge >= 0.3 is 0 Å². The monoisotopic (exact) mass is 321 g/mol. The largest absolute Gasteiger partial charge is 0.493 e. The molecule has 2 aromatic carbocycles. The van der Waals surface area contributed by atoms with Crippen LogP contribution in [0.1, 0.15) is 5.56 Å². The smallest absolute Gasteiger partial charge is 0.162 e. The minimum absolute atomic E-state index is 0.287. The van der Waals surface area contributed by atoms with Gasteiger partial charge in [-0.25, -0.2) is 4.39 Å². The summed E-state index contributed by atoms with van der Waals surface area (Å²) in [6, 6.07) is 11.0. The Balaban J connectivity index is 1.91. The van der Waals surface area contributed by atoms with Crippen molar-refractivity contribution in [3.05, 3.63) is 53.8 Å². The summed E-state index contributed by atoms with van der Waals surface area (Å²) < 4.78 is 29.1. The highest BCUT2D eigenvalue weighted by Gasteiger charge is 2.07. The molecule has 4 nitrogen and oxygen atoms in total. The van der Waals surface area contributed by atoms with Gasteiger partial charge in [-0.1, -0.05) is 12.2 Å². The SMILES string of the molecule is COc1ccc(C(N)=S)cc1OCCOc1ccc(F)cc1. The molecule has 0 heterocycles. The minimum Gasteiger partial charge on any atom is -0.493 e. The van der Waals surface area contributed by atoms with Crippen LogP contribution in [0, 0.1) is 5.82 Å². The Morgan fingerprint density at radius 2 is 1.73 bits per heavy atom. The highest BCUT2D eigenvalue weighted by molar-refractivity contribution is 7.80. The van der Waals surface area contributed by atoms with Gasteiger partial charge in [0.2, 0.25) is 0 Å². The van der Waals surface area contributed by atoms with Gasteiger partial charge in [0.1, 0.15) is 29.8 Å². The van der Waals surface area contributed by atoms with Crippen LogP contribution in [0.4, 0.5) is 4.39 Å². The van der Waals surface area contributed by atoms with Gasteiger partial charge in [-0.05, 0) is 42.5 Å². The molecular weight excluding hydrogens is 305 g/mol. The van der Waals surface area contributed by atoms with E-state index in [4.69, 9.17) is 32.2 Å². The lowest BCUT2D eigenvalue weighted by Crippen LogP contribution is -2.12. The molecule has 0 saturated heterocycles. The van der Waals surface area contributed by atoms with Crippen LogP contribution < -0.4 is 19.9 Å². The zero-order chi connectivity index (χ0) is 15.9. The van der Waals surface area contributed by atoms with E-state index in [2.05, 4.69) is 0 Å². The van der Waals surface area contributed by atoms with E-state index < -0.39 is 0 Å². The Bertz CT molecular complexity index is 646. The summed E-state index contributed by atoms with van der Waals surface area (Å²) >= 11 is 4.94. The fraction of sp³-hybridized carbons (Fsp3) is 0.188. The van der Waals surface area contributed by atoms with E-state index in [1.165, 1.54) is 12.1 Å². The molecule has 2 aromatic rings. The first-order valence-electron chi connectivity index (χ1n) is 6.59. The molecule has 0 aliphatic heterocycles. The lowest BCUT2D eigenvalue weighted by molar-refractivity contribution is 0.211. The summed E-state index contributed by atoms with van der Waals surface area (Å²) in [4.78, 5) is 0.287. The maximum absolute atomic E-state index is 12.8. The lowest BCUT2D eigenvalue weighted by atomic mass is 10.2. The van der Waals surface area contributed by atoms with E-state index in [0.717, 1.165) is 0 Å². The summed E-state index contributed by atoms with van der Waals surface area (Å²) in [5.41, 5.74) is 6.30. The topological polar surface area (TPSA) is 53.7 Å². The summed E-state index contributed by atoms with van der Waals surface area (Å²) in [7, 11) is 1.55. The molecule has 0 saturated carbocycles. The second-order valence-corrected chi connectivity index (χ2v) is 4.82. The van der Waals surface area contributed by atoms with Crippen molar-refractivity contribution in [2.24, 2.45) is 5.73 Å². The van der Waals surface area contributed by atoms with E-state index >= 15 is 0 Å². The first-order valence-corrected chi connectivity index (χ1v) is 7.00. The Kier molecular flexibility index (Phi) is 5.55. The normalized spacial score (nSPS) is 10.1. The number of hydrogen-bond donors (Lipinski definition) is 1. The van der Waals surface area contributed by atoms with Crippen LogP contribution in [-0.2, 0) is 0 Å². The average molecular weight is 321 g/mol. The molecule has 0 amide bonds. The summed E-state index contributed by atoms with van der Waals surface area (Å²) in [5, 5.41) is 0. The molecule has 22 heavy (non-hydrogen) atoms. The number of ether oxygens (including phenoxy) is 3. The maximum atomic E-state index is 12.8. The van der Waals surface area contributed by atoms with E-state index in [0.29, 0.717) is 36.0 Å². The van der Waals surface area contributed by atoms with E-state index in [1.54, 1.807) is 37.4 Å². The van der Waals surface area contributed by atoms with Crippen molar-refractivity contribution in [2.45, 2.75) is 0 Å². The molecule has 0 aliphatic carbocycles. The van der Waals surface area contributed by atoms with Gasteiger partial charge in [0.15, 0.2) is 11.5 Å². The number of thiocarbonyl (C=S) groups is 1. The van der Waals surface area contributed by atoms with Crippen molar-refractivity contribution < 1.29 is 18.6 Å². The van der Waals surface area contributed by atoms with Crippen LogP contribution in [0.3, 0.4) is 0 Å². The molecule has 0 aromatic heterocycles. The van der Waals surface area contributed by atoms with Crippen molar-refractivity contribution in [3.63, 3.8) is 0 Å². The van der Waals surface area contributed by atoms with Gasteiger partial charge in [0, 0.05) is 5.56 Å². The molecule has 6 heteroatoms. The first-order chi connectivity index (χ1) is 10.6. The highest BCUT2D eigenvalue weighted by Crippen LogP contribution is 2.28. The first kappa shape index (κ1) is 16.0. The third kappa shape index (κ3) is 4.33.